The number of hydrogen-bond donors (Lipinski definition) is 2. The zero-order chi connectivity index (χ0) is 17.3. The first-order valence-corrected chi connectivity index (χ1v) is 7.61. The van der Waals surface area contributed by atoms with Crippen molar-refractivity contribution in [2.24, 2.45) is 0 Å². The number of aromatic amines is 1. The highest BCUT2D eigenvalue weighted by molar-refractivity contribution is 5.94. The molecule has 2 N–H and O–H groups in total. The van der Waals surface area contributed by atoms with Crippen LogP contribution in [0.25, 0.3) is 10.9 Å². The third-order valence-electron chi connectivity index (χ3n) is 3.90. The van der Waals surface area contributed by atoms with Gasteiger partial charge in [0.25, 0.3) is 11.5 Å². The first kappa shape index (κ1) is 15.9. The topological polar surface area (TPSA) is 62.0 Å². The van der Waals surface area contributed by atoms with Gasteiger partial charge in [-0.3, -0.25) is 9.59 Å². The van der Waals surface area contributed by atoms with Crippen molar-refractivity contribution in [1.82, 2.24) is 10.3 Å². The van der Waals surface area contributed by atoms with Crippen molar-refractivity contribution in [3.05, 3.63) is 80.9 Å². The van der Waals surface area contributed by atoms with Gasteiger partial charge in [-0.2, -0.15) is 0 Å². The van der Waals surface area contributed by atoms with E-state index >= 15 is 0 Å². The van der Waals surface area contributed by atoms with Crippen LogP contribution in [0.2, 0.25) is 0 Å². The maximum absolute atomic E-state index is 13.2. The molecule has 0 saturated carbocycles. The second-order valence-electron chi connectivity index (χ2n) is 5.86. The van der Waals surface area contributed by atoms with E-state index in [1.807, 2.05) is 26.0 Å². The molecule has 1 heterocycles. The van der Waals surface area contributed by atoms with Crippen LogP contribution >= 0.6 is 0 Å². The predicted molar refractivity (Wildman–Crippen MR) is 91.6 cm³/mol. The van der Waals surface area contributed by atoms with Crippen LogP contribution < -0.4 is 10.9 Å². The predicted octanol–water partition coefficient (Wildman–Crippen LogP) is 3.21. The molecule has 0 atom stereocenters. The summed E-state index contributed by atoms with van der Waals surface area (Å²) in [4.78, 5) is 27.1. The molecule has 2 aromatic carbocycles. The highest BCUT2D eigenvalue weighted by Gasteiger charge is 2.09. The number of halogens is 1. The molecular formula is C19H17FN2O2. The maximum Gasteiger partial charge on any atom is 0.253 e. The highest BCUT2D eigenvalue weighted by Crippen LogP contribution is 2.18. The second kappa shape index (κ2) is 6.28. The molecule has 24 heavy (non-hydrogen) atoms. The van der Waals surface area contributed by atoms with Crippen LogP contribution in [0.5, 0.6) is 0 Å². The van der Waals surface area contributed by atoms with Crippen LogP contribution in [0.1, 0.15) is 27.0 Å². The Hall–Kier alpha value is -2.95. The van der Waals surface area contributed by atoms with Crippen LogP contribution in [-0.4, -0.2) is 10.9 Å². The number of hydrogen-bond acceptors (Lipinski definition) is 2. The Morgan fingerprint density at radius 3 is 2.71 bits per heavy atom. The van der Waals surface area contributed by atoms with E-state index in [1.54, 1.807) is 6.07 Å². The third-order valence-corrected chi connectivity index (χ3v) is 3.90. The standard InChI is InChI=1S/C19H17FN2O2/c1-11-6-12(2)17-14(7-11)8-15(19(24)22-17)10-21-18(23)13-4-3-5-16(20)9-13/h3-9H,10H2,1-2H3,(H,21,23)(H,22,24). The number of carbonyl (C=O) groups excluding carboxylic acids is 1. The minimum atomic E-state index is -0.475. The monoisotopic (exact) mass is 324 g/mol. The lowest BCUT2D eigenvalue weighted by Gasteiger charge is -2.08. The lowest BCUT2D eigenvalue weighted by molar-refractivity contribution is 0.0950. The van der Waals surface area contributed by atoms with Gasteiger partial charge in [-0.25, -0.2) is 4.39 Å². The van der Waals surface area contributed by atoms with Gasteiger partial charge in [0, 0.05) is 17.7 Å². The molecule has 0 unspecified atom stereocenters. The summed E-state index contributed by atoms with van der Waals surface area (Å²) in [6.45, 7) is 4.01. The number of nitrogens with one attached hydrogen (secondary N) is 2. The molecule has 3 aromatic rings. The lowest BCUT2D eigenvalue weighted by atomic mass is 10.1. The molecule has 0 radical (unpaired) electrons. The zero-order valence-electron chi connectivity index (χ0n) is 13.4. The molecule has 122 valence electrons. The molecule has 0 spiro atoms. The Bertz CT molecular complexity index is 992. The van der Waals surface area contributed by atoms with Crippen molar-refractivity contribution < 1.29 is 9.18 Å². The van der Waals surface area contributed by atoms with Crippen molar-refractivity contribution in [3.63, 3.8) is 0 Å². The van der Waals surface area contributed by atoms with E-state index in [0.717, 1.165) is 28.1 Å². The Morgan fingerprint density at radius 1 is 1.17 bits per heavy atom. The molecule has 0 aliphatic rings. The van der Waals surface area contributed by atoms with Gasteiger partial charge in [0.05, 0.1) is 5.52 Å². The maximum atomic E-state index is 13.2. The summed E-state index contributed by atoms with van der Waals surface area (Å²) >= 11 is 0. The van der Waals surface area contributed by atoms with Crippen molar-refractivity contribution in [2.75, 3.05) is 0 Å². The number of carbonyl (C=O) groups is 1. The van der Waals surface area contributed by atoms with Crippen LogP contribution in [0.3, 0.4) is 0 Å². The van der Waals surface area contributed by atoms with Gasteiger partial charge in [0.2, 0.25) is 0 Å². The smallest absolute Gasteiger partial charge is 0.253 e. The van der Waals surface area contributed by atoms with Gasteiger partial charge in [0.15, 0.2) is 0 Å². The summed E-state index contributed by atoms with van der Waals surface area (Å²) in [7, 11) is 0. The molecule has 0 saturated heterocycles. The van der Waals surface area contributed by atoms with Crippen LogP contribution in [0.15, 0.2) is 47.3 Å². The quantitative estimate of drug-likeness (QED) is 0.777. The highest BCUT2D eigenvalue weighted by atomic mass is 19.1. The summed E-state index contributed by atoms with van der Waals surface area (Å²) in [6, 6.07) is 11.2. The summed E-state index contributed by atoms with van der Waals surface area (Å²) < 4.78 is 13.2. The Kier molecular flexibility index (Phi) is 4.16. The van der Waals surface area contributed by atoms with Crippen LogP contribution in [0, 0.1) is 19.7 Å². The van der Waals surface area contributed by atoms with Crippen molar-refractivity contribution in [3.8, 4) is 0 Å². The number of rotatable bonds is 3. The largest absolute Gasteiger partial charge is 0.348 e. The molecule has 3 rings (SSSR count). The molecular weight excluding hydrogens is 307 g/mol. The number of aryl methyl sites for hydroxylation is 2. The summed E-state index contributed by atoms with van der Waals surface area (Å²) in [5.74, 6) is -0.897. The molecule has 4 nitrogen and oxygen atoms in total. The summed E-state index contributed by atoms with van der Waals surface area (Å²) in [5.41, 5.74) is 3.33. The van der Waals surface area contributed by atoms with E-state index in [9.17, 15) is 14.0 Å². The average molecular weight is 324 g/mol. The SMILES string of the molecule is Cc1cc(C)c2[nH]c(=O)c(CNC(=O)c3cccc(F)c3)cc2c1. The van der Waals surface area contributed by atoms with Gasteiger partial charge in [-0.1, -0.05) is 17.7 Å². The number of H-pyrrole nitrogens is 1. The van der Waals surface area contributed by atoms with Gasteiger partial charge in [0.1, 0.15) is 5.82 Å². The van der Waals surface area contributed by atoms with Gasteiger partial charge >= 0.3 is 0 Å². The van der Waals surface area contributed by atoms with Gasteiger partial charge < -0.3 is 10.3 Å². The van der Waals surface area contributed by atoms with Gasteiger partial charge in [-0.05, 0) is 55.1 Å². The normalized spacial score (nSPS) is 10.8. The van der Waals surface area contributed by atoms with E-state index < -0.39 is 11.7 Å². The molecule has 0 aliphatic carbocycles. The molecule has 1 aromatic heterocycles. The van der Waals surface area contributed by atoms with Crippen LogP contribution in [0.4, 0.5) is 4.39 Å². The fourth-order valence-corrected chi connectivity index (χ4v) is 2.77. The Morgan fingerprint density at radius 2 is 1.96 bits per heavy atom. The molecule has 0 aliphatic heterocycles. The first-order chi connectivity index (χ1) is 11.4. The number of benzene rings is 2. The average Bonchev–Trinajstić information content (AvgIpc) is 2.53. The zero-order valence-corrected chi connectivity index (χ0v) is 13.4. The summed E-state index contributed by atoms with van der Waals surface area (Å²) in [6.07, 6.45) is 0. The Balaban J connectivity index is 1.86. The number of pyridine rings is 1. The molecule has 5 heteroatoms. The van der Waals surface area contributed by atoms with E-state index in [1.165, 1.54) is 18.2 Å². The Labute approximate surface area is 138 Å². The fourth-order valence-electron chi connectivity index (χ4n) is 2.77. The van der Waals surface area contributed by atoms with Crippen molar-refractivity contribution in [2.45, 2.75) is 20.4 Å². The second-order valence-corrected chi connectivity index (χ2v) is 5.86. The van der Waals surface area contributed by atoms with Crippen molar-refractivity contribution >= 4 is 16.8 Å². The van der Waals surface area contributed by atoms with Gasteiger partial charge in [-0.15, -0.1) is 0 Å². The van der Waals surface area contributed by atoms with Crippen molar-refractivity contribution in [1.29, 1.82) is 0 Å². The molecule has 0 bridgehead atoms. The van der Waals surface area contributed by atoms with Crippen LogP contribution in [-0.2, 0) is 6.54 Å². The molecule has 1 amide bonds. The van der Waals surface area contributed by atoms with E-state index in [0.29, 0.717) is 5.56 Å². The molecule has 0 fully saturated rings. The fraction of sp³-hybridized carbons (Fsp3) is 0.158. The first-order valence-electron chi connectivity index (χ1n) is 7.61. The van der Waals surface area contributed by atoms with E-state index in [2.05, 4.69) is 10.3 Å². The minimum absolute atomic E-state index is 0.0770. The number of amides is 1. The minimum Gasteiger partial charge on any atom is -0.348 e. The number of aromatic nitrogens is 1. The lowest BCUT2D eigenvalue weighted by Crippen LogP contribution is -2.26. The van der Waals surface area contributed by atoms with E-state index in [-0.39, 0.29) is 17.7 Å². The summed E-state index contributed by atoms with van der Waals surface area (Å²) in [5, 5.41) is 3.57. The van der Waals surface area contributed by atoms with E-state index in [4.69, 9.17) is 0 Å². The number of fused-ring (bicyclic) bond motifs is 1. The third kappa shape index (κ3) is 3.20.